The summed E-state index contributed by atoms with van der Waals surface area (Å²) in [6, 6.07) is 3.34. The van der Waals surface area contributed by atoms with Crippen molar-refractivity contribution in [2.24, 2.45) is 5.73 Å². The Morgan fingerprint density at radius 3 is 2.62 bits per heavy atom. The molecule has 0 unspecified atom stereocenters. The van der Waals surface area contributed by atoms with Crippen LogP contribution in [0.4, 0.5) is 4.39 Å². The van der Waals surface area contributed by atoms with Gasteiger partial charge in [-0.3, -0.25) is 0 Å². The van der Waals surface area contributed by atoms with Gasteiger partial charge in [0, 0.05) is 6.54 Å². The highest BCUT2D eigenvalue weighted by molar-refractivity contribution is 5.85. The van der Waals surface area contributed by atoms with Crippen LogP contribution in [-0.2, 0) is 19.4 Å². The molecule has 1 aliphatic rings. The van der Waals surface area contributed by atoms with E-state index in [-0.39, 0.29) is 18.2 Å². The van der Waals surface area contributed by atoms with Crippen molar-refractivity contribution in [1.29, 1.82) is 0 Å². The molecular weight excluding hydrogens is 189 g/mol. The van der Waals surface area contributed by atoms with Crippen LogP contribution in [-0.4, -0.2) is 0 Å². The first-order chi connectivity index (χ1) is 5.83. The van der Waals surface area contributed by atoms with E-state index in [0.717, 1.165) is 36.0 Å². The van der Waals surface area contributed by atoms with Crippen LogP contribution in [0.5, 0.6) is 0 Å². The lowest BCUT2D eigenvalue weighted by Gasteiger charge is -2.06. The first-order valence-corrected chi connectivity index (χ1v) is 4.32. The molecule has 0 amide bonds. The Bertz CT molecular complexity index is 312. The fourth-order valence-electron chi connectivity index (χ4n) is 1.93. The highest BCUT2D eigenvalue weighted by atomic mass is 35.5. The molecule has 72 valence electrons. The van der Waals surface area contributed by atoms with E-state index in [1.807, 2.05) is 0 Å². The third-order valence-electron chi connectivity index (χ3n) is 2.54. The normalized spacial score (nSPS) is 13.7. The molecule has 1 nitrogen and oxygen atoms in total. The minimum Gasteiger partial charge on any atom is -0.326 e. The number of hydrogen-bond acceptors (Lipinski definition) is 1. The van der Waals surface area contributed by atoms with E-state index >= 15 is 0 Å². The number of rotatable bonds is 1. The fourth-order valence-corrected chi connectivity index (χ4v) is 1.93. The van der Waals surface area contributed by atoms with Crippen LogP contribution in [0.1, 0.15) is 23.1 Å². The molecule has 13 heavy (non-hydrogen) atoms. The van der Waals surface area contributed by atoms with Crippen LogP contribution in [0.25, 0.3) is 0 Å². The van der Waals surface area contributed by atoms with Crippen molar-refractivity contribution >= 4 is 12.4 Å². The minimum atomic E-state index is -0.0558. The van der Waals surface area contributed by atoms with Crippen molar-refractivity contribution in [1.82, 2.24) is 0 Å². The molecule has 0 heterocycles. The number of halogens is 2. The molecule has 0 aliphatic heterocycles. The maximum absolute atomic E-state index is 13.2. The molecule has 1 aromatic carbocycles. The highest BCUT2D eigenvalue weighted by Crippen LogP contribution is 2.27. The summed E-state index contributed by atoms with van der Waals surface area (Å²) < 4.78 is 13.2. The predicted octanol–water partition coefficient (Wildman–Crippen LogP) is 2.19. The Kier molecular flexibility index (Phi) is 3.28. The van der Waals surface area contributed by atoms with E-state index in [0.29, 0.717) is 6.54 Å². The average Bonchev–Trinajstić information content (AvgIpc) is 2.54. The molecule has 0 aromatic heterocycles. The Labute approximate surface area is 83.5 Å². The third-order valence-corrected chi connectivity index (χ3v) is 2.54. The van der Waals surface area contributed by atoms with Crippen LogP contribution < -0.4 is 5.73 Å². The van der Waals surface area contributed by atoms with Crippen molar-refractivity contribution in [3.05, 3.63) is 34.6 Å². The van der Waals surface area contributed by atoms with Gasteiger partial charge < -0.3 is 5.73 Å². The monoisotopic (exact) mass is 201 g/mol. The fraction of sp³-hybridized carbons (Fsp3) is 0.400. The van der Waals surface area contributed by atoms with Gasteiger partial charge in [0.15, 0.2) is 0 Å². The molecule has 0 saturated heterocycles. The molecule has 2 rings (SSSR count). The van der Waals surface area contributed by atoms with Gasteiger partial charge in [0.2, 0.25) is 0 Å². The summed E-state index contributed by atoms with van der Waals surface area (Å²) >= 11 is 0. The molecule has 0 radical (unpaired) electrons. The van der Waals surface area contributed by atoms with Gasteiger partial charge in [-0.2, -0.15) is 0 Å². The molecule has 0 bridgehead atoms. The van der Waals surface area contributed by atoms with Gasteiger partial charge in [0.05, 0.1) is 0 Å². The Hall–Kier alpha value is -0.600. The largest absolute Gasteiger partial charge is 0.326 e. The van der Waals surface area contributed by atoms with Crippen molar-refractivity contribution in [3.8, 4) is 0 Å². The van der Waals surface area contributed by atoms with Gasteiger partial charge in [0.1, 0.15) is 5.82 Å². The summed E-state index contributed by atoms with van der Waals surface area (Å²) in [6.07, 6.45) is 2.96. The van der Waals surface area contributed by atoms with E-state index in [1.54, 1.807) is 6.07 Å². The van der Waals surface area contributed by atoms with Crippen LogP contribution in [0, 0.1) is 5.82 Å². The second kappa shape index (κ2) is 4.07. The van der Waals surface area contributed by atoms with Gasteiger partial charge in [-0.05, 0) is 42.0 Å². The van der Waals surface area contributed by atoms with Gasteiger partial charge >= 0.3 is 0 Å². The minimum absolute atomic E-state index is 0. The van der Waals surface area contributed by atoms with E-state index < -0.39 is 0 Å². The maximum Gasteiger partial charge on any atom is 0.126 e. The summed E-state index contributed by atoms with van der Waals surface area (Å²) in [5.74, 6) is -0.0558. The second-order valence-electron chi connectivity index (χ2n) is 3.22. The first kappa shape index (κ1) is 10.5. The Morgan fingerprint density at radius 2 is 1.92 bits per heavy atom. The van der Waals surface area contributed by atoms with Gasteiger partial charge in [-0.15, -0.1) is 12.4 Å². The zero-order chi connectivity index (χ0) is 8.55. The number of fused-ring (bicyclic) bond motifs is 1. The summed E-state index contributed by atoms with van der Waals surface area (Å²) in [7, 11) is 0. The predicted molar refractivity (Wildman–Crippen MR) is 53.6 cm³/mol. The number of benzene rings is 1. The highest BCUT2D eigenvalue weighted by Gasteiger charge is 2.17. The SMILES string of the molecule is Cl.NCc1ccc(F)c2c1CCC2. The molecular formula is C10H13ClFN. The summed E-state index contributed by atoms with van der Waals surface area (Å²) in [6.45, 7) is 0.530. The van der Waals surface area contributed by atoms with Gasteiger partial charge in [-0.25, -0.2) is 4.39 Å². The lowest BCUT2D eigenvalue weighted by atomic mass is 10.0. The topological polar surface area (TPSA) is 26.0 Å². The summed E-state index contributed by atoms with van der Waals surface area (Å²) in [4.78, 5) is 0. The van der Waals surface area contributed by atoms with Crippen LogP contribution >= 0.6 is 12.4 Å². The lowest BCUT2D eigenvalue weighted by molar-refractivity contribution is 0.612. The molecule has 3 heteroatoms. The van der Waals surface area contributed by atoms with Crippen molar-refractivity contribution in [2.45, 2.75) is 25.8 Å². The maximum atomic E-state index is 13.2. The van der Waals surface area contributed by atoms with Crippen LogP contribution in [0.15, 0.2) is 12.1 Å². The zero-order valence-electron chi connectivity index (χ0n) is 7.35. The standard InChI is InChI=1S/C10H12FN.ClH/c11-10-5-4-7(6-12)8-2-1-3-9(8)10;/h4-5H,1-3,6,12H2;1H. The Balaban J connectivity index is 0.000000845. The smallest absolute Gasteiger partial charge is 0.126 e. The first-order valence-electron chi connectivity index (χ1n) is 4.32. The average molecular weight is 202 g/mol. The third kappa shape index (κ3) is 1.69. The molecule has 1 aromatic rings. The summed E-state index contributed by atoms with van der Waals surface area (Å²) in [5, 5.41) is 0. The molecule has 2 N–H and O–H groups in total. The molecule has 0 spiro atoms. The van der Waals surface area contributed by atoms with Crippen molar-refractivity contribution in [2.75, 3.05) is 0 Å². The molecule has 0 atom stereocenters. The van der Waals surface area contributed by atoms with Gasteiger partial charge in [0.25, 0.3) is 0 Å². The number of nitrogens with two attached hydrogens (primary N) is 1. The van der Waals surface area contributed by atoms with Crippen molar-refractivity contribution < 1.29 is 4.39 Å². The molecule has 0 fully saturated rings. The van der Waals surface area contributed by atoms with Gasteiger partial charge in [-0.1, -0.05) is 6.07 Å². The molecule has 0 saturated carbocycles. The van der Waals surface area contributed by atoms with E-state index in [4.69, 9.17) is 5.73 Å². The van der Waals surface area contributed by atoms with E-state index in [1.165, 1.54) is 6.07 Å². The zero-order valence-corrected chi connectivity index (χ0v) is 8.16. The van der Waals surface area contributed by atoms with E-state index in [9.17, 15) is 4.39 Å². The second-order valence-corrected chi connectivity index (χ2v) is 3.22. The van der Waals surface area contributed by atoms with Crippen molar-refractivity contribution in [3.63, 3.8) is 0 Å². The van der Waals surface area contributed by atoms with Crippen LogP contribution in [0.3, 0.4) is 0 Å². The van der Waals surface area contributed by atoms with E-state index in [2.05, 4.69) is 0 Å². The Morgan fingerprint density at radius 1 is 1.23 bits per heavy atom. The number of hydrogen-bond donors (Lipinski definition) is 1. The van der Waals surface area contributed by atoms with Crippen LogP contribution in [0.2, 0.25) is 0 Å². The lowest BCUT2D eigenvalue weighted by Crippen LogP contribution is -2.02. The molecule has 1 aliphatic carbocycles. The summed E-state index contributed by atoms with van der Waals surface area (Å²) in [5.41, 5.74) is 8.73. The quantitative estimate of drug-likeness (QED) is 0.741.